The Morgan fingerprint density at radius 1 is 0.580 bits per heavy atom. The molecule has 338 valence electrons. The first-order valence-corrected chi connectivity index (χ1v) is 22.6. The Bertz CT molecular complexity index is 3530. The topological polar surface area (TPSA) is 143 Å². The van der Waals surface area contributed by atoms with Crippen LogP contribution in [0.25, 0.3) is 32.3 Å². The third-order valence-corrected chi connectivity index (χ3v) is 13.1. The van der Waals surface area contributed by atoms with Crippen molar-refractivity contribution < 1.29 is 33.9 Å². The molecule has 0 aliphatic carbocycles. The van der Waals surface area contributed by atoms with E-state index in [1.165, 1.54) is 33.0 Å². The molecular formula is C57H40BrN3O8. The van der Waals surface area contributed by atoms with E-state index in [0.29, 0.717) is 11.3 Å². The summed E-state index contributed by atoms with van der Waals surface area (Å²) in [6.07, 6.45) is 0. The second-order valence-corrected chi connectivity index (χ2v) is 17.7. The van der Waals surface area contributed by atoms with Crippen molar-refractivity contribution in [2.45, 2.75) is 19.3 Å². The molecule has 0 radical (unpaired) electrons. The number of aryl methyl sites for hydroxylation is 1. The predicted octanol–water partition coefficient (Wildman–Crippen LogP) is 14.0. The molecule has 12 heteroatoms. The van der Waals surface area contributed by atoms with Crippen LogP contribution in [0.3, 0.4) is 0 Å². The molecule has 1 unspecified atom stereocenters. The number of carbonyl (C=O) groups excluding carboxylic acids is 2. The maximum atomic E-state index is 13.3. The summed E-state index contributed by atoms with van der Waals surface area (Å²) < 4.78 is 12.3. The van der Waals surface area contributed by atoms with Crippen LogP contribution < -0.4 is 25.2 Å². The highest BCUT2D eigenvalue weighted by molar-refractivity contribution is 9.10. The monoisotopic (exact) mass is 973 g/mol. The summed E-state index contributed by atoms with van der Waals surface area (Å²) in [6.45, 7) is 4.19. The SMILES string of the molecule is Cc1ccc(N(c2ccc(C(C)(c3ccc(OC(=O)c4ccc(Br)cc4)cc3)c3ccc(OC(=O)c4cc(OON)cc([N+](=O)[O-])c4)cc3)cc2)c2ccc3ccc4cccc5ccc2c3c45)cc1. The third-order valence-electron chi connectivity index (χ3n) is 12.6. The largest absolute Gasteiger partial charge is 0.423 e. The average molecular weight is 975 g/mol. The van der Waals surface area contributed by atoms with E-state index >= 15 is 0 Å². The van der Waals surface area contributed by atoms with Gasteiger partial charge in [0.2, 0.25) is 0 Å². The van der Waals surface area contributed by atoms with Gasteiger partial charge in [-0.25, -0.2) is 9.59 Å². The summed E-state index contributed by atoms with van der Waals surface area (Å²) in [7, 11) is 0. The number of halogens is 1. The van der Waals surface area contributed by atoms with Gasteiger partial charge in [-0.15, -0.1) is 0 Å². The lowest BCUT2D eigenvalue weighted by atomic mass is 9.71. The van der Waals surface area contributed by atoms with Gasteiger partial charge in [0.1, 0.15) is 11.5 Å². The van der Waals surface area contributed by atoms with E-state index < -0.39 is 28.0 Å². The lowest BCUT2D eigenvalue weighted by molar-refractivity contribution is -0.385. The van der Waals surface area contributed by atoms with Crippen molar-refractivity contribution in [2.75, 3.05) is 4.90 Å². The number of nitro benzene ring substituents is 1. The summed E-state index contributed by atoms with van der Waals surface area (Å²) in [5, 5.41) is 18.7. The quantitative estimate of drug-likeness (QED) is 0.0225. The number of esters is 2. The van der Waals surface area contributed by atoms with Crippen molar-refractivity contribution in [3.8, 4) is 17.2 Å². The number of nitrogens with two attached hydrogens (primary N) is 1. The van der Waals surface area contributed by atoms with Crippen molar-refractivity contribution in [1.29, 1.82) is 0 Å². The van der Waals surface area contributed by atoms with Crippen molar-refractivity contribution >= 4 is 82.9 Å². The first kappa shape index (κ1) is 44.4. The highest BCUT2D eigenvalue weighted by atomic mass is 79.9. The molecule has 69 heavy (non-hydrogen) atoms. The van der Waals surface area contributed by atoms with Gasteiger partial charge in [0.05, 0.1) is 27.8 Å². The van der Waals surface area contributed by atoms with Crippen LogP contribution in [0.2, 0.25) is 0 Å². The van der Waals surface area contributed by atoms with Gasteiger partial charge < -0.3 is 19.3 Å². The van der Waals surface area contributed by atoms with E-state index in [1.807, 2.05) is 24.3 Å². The number of carbonyl (C=O) groups is 2. The first-order chi connectivity index (χ1) is 33.5. The Kier molecular flexibility index (Phi) is 11.8. The van der Waals surface area contributed by atoms with Crippen molar-refractivity contribution in [3.63, 3.8) is 0 Å². The molecule has 0 saturated carbocycles. The maximum Gasteiger partial charge on any atom is 0.343 e. The summed E-state index contributed by atoms with van der Waals surface area (Å²) in [5.74, 6) is 4.09. The molecule has 10 rings (SSSR count). The van der Waals surface area contributed by atoms with Crippen LogP contribution in [0.1, 0.15) is 49.9 Å². The van der Waals surface area contributed by atoms with Crippen molar-refractivity contribution in [2.24, 2.45) is 5.90 Å². The number of anilines is 3. The molecule has 0 aliphatic heterocycles. The molecule has 0 aliphatic rings. The van der Waals surface area contributed by atoms with Crippen LogP contribution in [0.4, 0.5) is 22.7 Å². The molecular weight excluding hydrogens is 935 g/mol. The van der Waals surface area contributed by atoms with Gasteiger partial charge in [-0.1, -0.05) is 124 Å². The van der Waals surface area contributed by atoms with E-state index in [0.717, 1.165) is 61.3 Å². The number of benzene rings is 10. The highest BCUT2D eigenvalue weighted by Crippen LogP contribution is 2.46. The summed E-state index contributed by atoms with van der Waals surface area (Å²) >= 11 is 3.41. The fourth-order valence-electron chi connectivity index (χ4n) is 9.02. The van der Waals surface area contributed by atoms with Gasteiger partial charge in [-0.2, -0.15) is 5.90 Å². The normalized spacial score (nSPS) is 12.2. The molecule has 10 aromatic rings. The van der Waals surface area contributed by atoms with E-state index in [1.54, 1.807) is 48.5 Å². The number of non-ortho nitro benzene ring substituents is 1. The van der Waals surface area contributed by atoms with Gasteiger partial charge in [0.25, 0.3) is 5.69 Å². The van der Waals surface area contributed by atoms with E-state index in [9.17, 15) is 19.7 Å². The van der Waals surface area contributed by atoms with Crippen LogP contribution in [0.15, 0.2) is 199 Å². The van der Waals surface area contributed by atoms with Crippen LogP contribution in [-0.2, 0) is 10.4 Å². The summed E-state index contributed by atoms with van der Waals surface area (Å²) in [5.41, 5.74) is 5.87. The zero-order chi connectivity index (χ0) is 47.8. The molecule has 1 atom stereocenters. The molecule has 10 aromatic carbocycles. The molecule has 0 fully saturated rings. The fourth-order valence-corrected chi connectivity index (χ4v) is 9.28. The van der Waals surface area contributed by atoms with Crippen LogP contribution in [0, 0.1) is 17.0 Å². The zero-order valence-electron chi connectivity index (χ0n) is 37.1. The Morgan fingerprint density at radius 3 is 1.65 bits per heavy atom. The smallest absolute Gasteiger partial charge is 0.343 e. The molecule has 11 nitrogen and oxygen atoms in total. The zero-order valence-corrected chi connectivity index (χ0v) is 38.7. The number of rotatable bonds is 13. The molecule has 0 aromatic heterocycles. The van der Waals surface area contributed by atoms with E-state index in [-0.39, 0.29) is 17.1 Å². The van der Waals surface area contributed by atoms with Crippen LogP contribution in [0.5, 0.6) is 17.2 Å². The number of hydrogen-bond donors (Lipinski definition) is 1. The molecule has 0 saturated heterocycles. The number of nitro groups is 1. The van der Waals surface area contributed by atoms with Gasteiger partial charge in [-0.3, -0.25) is 10.1 Å². The van der Waals surface area contributed by atoms with Crippen LogP contribution in [-0.4, -0.2) is 16.9 Å². The van der Waals surface area contributed by atoms with Gasteiger partial charge in [0.15, 0.2) is 5.75 Å². The minimum absolute atomic E-state index is 0.145. The Labute approximate surface area is 404 Å². The van der Waals surface area contributed by atoms with E-state index in [2.05, 4.69) is 143 Å². The summed E-state index contributed by atoms with van der Waals surface area (Å²) in [6, 6.07) is 61.4. The van der Waals surface area contributed by atoms with Crippen LogP contribution >= 0.6 is 15.9 Å². The number of nitrogens with zero attached hydrogens (tertiary/aromatic N) is 2. The number of hydrogen-bond acceptors (Lipinski definition) is 10. The Morgan fingerprint density at radius 2 is 1.09 bits per heavy atom. The second-order valence-electron chi connectivity index (χ2n) is 16.8. The molecule has 2 N–H and O–H groups in total. The molecule has 0 amide bonds. The third kappa shape index (κ3) is 8.60. The lowest BCUT2D eigenvalue weighted by Gasteiger charge is -2.33. The Hall–Kier alpha value is -8.42. The molecule has 0 bridgehead atoms. The van der Waals surface area contributed by atoms with E-state index in [4.69, 9.17) is 20.3 Å². The summed E-state index contributed by atoms with van der Waals surface area (Å²) in [4.78, 5) is 48.6. The molecule has 0 heterocycles. The first-order valence-electron chi connectivity index (χ1n) is 21.8. The van der Waals surface area contributed by atoms with Gasteiger partial charge in [0, 0.05) is 32.7 Å². The number of ether oxygens (including phenoxy) is 2. The minimum Gasteiger partial charge on any atom is -0.423 e. The van der Waals surface area contributed by atoms with Crippen molar-refractivity contribution in [3.05, 3.63) is 242 Å². The Balaban J connectivity index is 1.04. The van der Waals surface area contributed by atoms with Crippen molar-refractivity contribution in [1.82, 2.24) is 0 Å². The highest BCUT2D eigenvalue weighted by Gasteiger charge is 2.32. The van der Waals surface area contributed by atoms with Gasteiger partial charge in [-0.05, 0) is 142 Å². The maximum absolute atomic E-state index is 13.3. The predicted molar refractivity (Wildman–Crippen MR) is 271 cm³/mol. The second kappa shape index (κ2) is 18.3. The molecule has 0 spiro atoms. The van der Waals surface area contributed by atoms with Gasteiger partial charge >= 0.3 is 11.9 Å². The fraction of sp³-hybridized carbons (Fsp3) is 0.0526. The minimum atomic E-state index is -0.859. The lowest BCUT2D eigenvalue weighted by Crippen LogP contribution is -2.25. The standard InChI is InChI=1S/C57H40BrN3O8/c1-35-6-22-45(23-7-35)60(52-31-13-38-9-8-36-4-3-5-37-12-30-51(52)54(38)53(36)37)46-24-14-41(15-25-46)57(2,42-16-26-48(27-17-42)66-55(62)39-10-20-44(58)21-11-39)43-18-28-49(29-19-43)67-56(63)40-32-47(61(64)65)34-50(33-40)68-69-59/h3-34H,59H2,1-2H3. The average Bonchev–Trinajstić information content (AvgIpc) is 3.37.